The van der Waals surface area contributed by atoms with Crippen LogP contribution >= 0.6 is 0 Å². The number of para-hydroxylation sites is 2. The van der Waals surface area contributed by atoms with Gasteiger partial charge in [-0.05, 0) is 23.8 Å². The summed E-state index contributed by atoms with van der Waals surface area (Å²) in [6, 6.07) is 17.8. The molecular formula is C15H14N2O. The lowest BCUT2D eigenvalue weighted by Gasteiger charge is -2.22. The van der Waals surface area contributed by atoms with Crippen molar-refractivity contribution in [2.75, 3.05) is 11.4 Å². The van der Waals surface area contributed by atoms with Crippen LogP contribution in [0.1, 0.15) is 5.56 Å². The van der Waals surface area contributed by atoms with Gasteiger partial charge in [0, 0.05) is 12.2 Å². The molecule has 0 saturated heterocycles. The van der Waals surface area contributed by atoms with Gasteiger partial charge in [-0.2, -0.15) is 0 Å². The van der Waals surface area contributed by atoms with Crippen LogP contribution in [-0.4, -0.2) is 12.5 Å². The second-order valence-electron chi connectivity index (χ2n) is 4.30. The zero-order chi connectivity index (χ0) is 12.4. The first-order valence-corrected chi connectivity index (χ1v) is 6.03. The summed E-state index contributed by atoms with van der Waals surface area (Å²) >= 11 is 0. The lowest BCUT2D eigenvalue weighted by atomic mass is 10.1. The van der Waals surface area contributed by atoms with Crippen LogP contribution in [0.2, 0.25) is 0 Å². The number of carbonyl (C=O) groups excluding carboxylic acids is 1. The largest absolute Gasteiger partial charge is 0.304 e. The molecule has 2 aromatic rings. The fourth-order valence-electron chi connectivity index (χ4n) is 2.26. The standard InChI is InChI=1S/C15H14N2O/c18-15-11-16-10-12-6-4-5-9-14(12)17(15)13-7-2-1-3-8-13/h1-9,16H,10-11H2. The number of rotatable bonds is 1. The molecule has 1 aliphatic rings. The van der Waals surface area contributed by atoms with Crippen molar-refractivity contribution in [1.29, 1.82) is 0 Å². The molecule has 0 spiro atoms. The van der Waals surface area contributed by atoms with E-state index in [1.807, 2.05) is 48.5 Å². The highest BCUT2D eigenvalue weighted by Gasteiger charge is 2.22. The number of amides is 1. The smallest absolute Gasteiger partial charge is 0.245 e. The van der Waals surface area contributed by atoms with E-state index in [1.54, 1.807) is 4.90 Å². The Bertz CT molecular complexity index is 566. The highest BCUT2D eigenvalue weighted by atomic mass is 16.2. The maximum absolute atomic E-state index is 12.2. The van der Waals surface area contributed by atoms with Gasteiger partial charge in [-0.3, -0.25) is 9.69 Å². The van der Waals surface area contributed by atoms with Crippen LogP contribution in [0.25, 0.3) is 0 Å². The summed E-state index contributed by atoms with van der Waals surface area (Å²) in [5, 5.41) is 3.16. The van der Waals surface area contributed by atoms with Crippen LogP contribution in [-0.2, 0) is 11.3 Å². The molecule has 90 valence electrons. The van der Waals surface area contributed by atoms with Crippen LogP contribution < -0.4 is 10.2 Å². The van der Waals surface area contributed by atoms with Gasteiger partial charge < -0.3 is 5.32 Å². The third-order valence-corrected chi connectivity index (χ3v) is 3.09. The van der Waals surface area contributed by atoms with E-state index in [4.69, 9.17) is 0 Å². The van der Waals surface area contributed by atoms with Gasteiger partial charge in [0.1, 0.15) is 0 Å². The Morgan fingerprint density at radius 3 is 2.44 bits per heavy atom. The van der Waals surface area contributed by atoms with Gasteiger partial charge in [-0.15, -0.1) is 0 Å². The topological polar surface area (TPSA) is 32.3 Å². The molecule has 0 aromatic heterocycles. The van der Waals surface area contributed by atoms with Gasteiger partial charge in [-0.1, -0.05) is 36.4 Å². The minimum absolute atomic E-state index is 0.0751. The van der Waals surface area contributed by atoms with E-state index in [2.05, 4.69) is 11.4 Å². The molecule has 3 rings (SSSR count). The van der Waals surface area contributed by atoms with E-state index in [-0.39, 0.29) is 5.91 Å². The van der Waals surface area contributed by atoms with Crippen molar-refractivity contribution in [3.05, 3.63) is 60.2 Å². The van der Waals surface area contributed by atoms with Crippen molar-refractivity contribution in [1.82, 2.24) is 5.32 Å². The van der Waals surface area contributed by atoms with Crippen LogP contribution in [0.4, 0.5) is 11.4 Å². The van der Waals surface area contributed by atoms with Crippen molar-refractivity contribution >= 4 is 17.3 Å². The molecule has 0 bridgehead atoms. The quantitative estimate of drug-likeness (QED) is 0.827. The summed E-state index contributed by atoms with van der Waals surface area (Å²) in [7, 11) is 0. The van der Waals surface area contributed by atoms with Crippen molar-refractivity contribution < 1.29 is 4.79 Å². The number of hydrogen-bond acceptors (Lipinski definition) is 2. The van der Waals surface area contributed by atoms with Gasteiger partial charge in [0.2, 0.25) is 5.91 Å². The van der Waals surface area contributed by atoms with E-state index >= 15 is 0 Å². The van der Waals surface area contributed by atoms with Crippen LogP contribution in [0.3, 0.4) is 0 Å². The molecule has 1 amide bonds. The molecule has 3 heteroatoms. The number of hydrogen-bond donors (Lipinski definition) is 1. The van der Waals surface area contributed by atoms with Crippen LogP contribution in [0.5, 0.6) is 0 Å². The van der Waals surface area contributed by atoms with Crippen LogP contribution in [0.15, 0.2) is 54.6 Å². The fourth-order valence-corrected chi connectivity index (χ4v) is 2.26. The van der Waals surface area contributed by atoms with E-state index in [0.29, 0.717) is 6.54 Å². The average molecular weight is 238 g/mol. The molecule has 1 heterocycles. The first kappa shape index (κ1) is 11.0. The van der Waals surface area contributed by atoms with Gasteiger partial charge >= 0.3 is 0 Å². The number of benzene rings is 2. The Hall–Kier alpha value is -2.13. The Kier molecular flexibility index (Phi) is 2.82. The molecule has 0 radical (unpaired) electrons. The maximum Gasteiger partial charge on any atom is 0.245 e. The van der Waals surface area contributed by atoms with Crippen molar-refractivity contribution in [2.45, 2.75) is 6.54 Å². The molecular weight excluding hydrogens is 224 g/mol. The lowest BCUT2D eigenvalue weighted by molar-refractivity contribution is -0.117. The zero-order valence-electron chi connectivity index (χ0n) is 9.97. The molecule has 1 N–H and O–H groups in total. The van der Waals surface area contributed by atoms with Gasteiger partial charge in [0.25, 0.3) is 0 Å². The third kappa shape index (κ3) is 1.89. The van der Waals surface area contributed by atoms with E-state index in [9.17, 15) is 4.79 Å². The first-order chi connectivity index (χ1) is 8.86. The summed E-state index contributed by atoms with van der Waals surface area (Å²) in [5.74, 6) is 0.0751. The second-order valence-corrected chi connectivity index (χ2v) is 4.30. The van der Waals surface area contributed by atoms with Gasteiger partial charge in [-0.25, -0.2) is 0 Å². The fraction of sp³-hybridized carbons (Fsp3) is 0.133. The summed E-state index contributed by atoms with van der Waals surface area (Å²) in [6.07, 6.45) is 0. The summed E-state index contributed by atoms with van der Waals surface area (Å²) in [5.41, 5.74) is 3.03. The average Bonchev–Trinajstić information content (AvgIpc) is 2.58. The lowest BCUT2D eigenvalue weighted by Crippen LogP contribution is -2.31. The van der Waals surface area contributed by atoms with E-state index in [0.717, 1.165) is 23.5 Å². The minimum Gasteiger partial charge on any atom is -0.304 e. The molecule has 0 unspecified atom stereocenters. The Morgan fingerprint density at radius 1 is 0.889 bits per heavy atom. The number of fused-ring (bicyclic) bond motifs is 1. The van der Waals surface area contributed by atoms with Gasteiger partial charge in [0.05, 0.1) is 12.2 Å². The summed E-state index contributed by atoms with van der Waals surface area (Å²) in [6.45, 7) is 1.09. The number of nitrogens with one attached hydrogen (secondary N) is 1. The molecule has 0 aliphatic carbocycles. The van der Waals surface area contributed by atoms with Crippen LogP contribution in [0, 0.1) is 0 Å². The first-order valence-electron chi connectivity index (χ1n) is 6.03. The summed E-state index contributed by atoms with van der Waals surface area (Å²) in [4.78, 5) is 14.0. The Balaban J connectivity index is 2.14. The minimum atomic E-state index is 0.0751. The highest BCUT2D eigenvalue weighted by Crippen LogP contribution is 2.29. The maximum atomic E-state index is 12.2. The van der Waals surface area contributed by atoms with Crippen molar-refractivity contribution in [2.24, 2.45) is 0 Å². The number of nitrogens with zero attached hydrogens (tertiary/aromatic N) is 1. The molecule has 3 nitrogen and oxygen atoms in total. The molecule has 0 saturated carbocycles. The van der Waals surface area contributed by atoms with Gasteiger partial charge in [0.15, 0.2) is 0 Å². The zero-order valence-corrected chi connectivity index (χ0v) is 9.97. The van der Waals surface area contributed by atoms with Crippen molar-refractivity contribution in [3.8, 4) is 0 Å². The molecule has 18 heavy (non-hydrogen) atoms. The number of anilines is 2. The predicted molar refractivity (Wildman–Crippen MR) is 71.7 cm³/mol. The molecule has 2 aromatic carbocycles. The highest BCUT2D eigenvalue weighted by molar-refractivity contribution is 6.02. The van der Waals surface area contributed by atoms with Crippen molar-refractivity contribution in [3.63, 3.8) is 0 Å². The Labute approximate surface area is 106 Å². The predicted octanol–water partition coefficient (Wildman–Crippen LogP) is 2.45. The third-order valence-electron chi connectivity index (χ3n) is 3.09. The SMILES string of the molecule is O=C1CNCc2ccccc2N1c1ccccc1. The second kappa shape index (κ2) is 4.63. The normalized spacial score (nSPS) is 15.1. The molecule has 0 fully saturated rings. The Morgan fingerprint density at radius 2 is 1.61 bits per heavy atom. The monoisotopic (exact) mass is 238 g/mol. The number of carbonyl (C=O) groups is 1. The molecule has 1 aliphatic heterocycles. The summed E-state index contributed by atoms with van der Waals surface area (Å²) < 4.78 is 0. The molecule has 0 atom stereocenters. The van der Waals surface area contributed by atoms with E-state index in [1.165, 1.54) is 0 Å². The van der Waals surface area contributed by atoms with E-state index < -0.39 is 0 Å².